The molecule has 0 atom stereocenters. The van der Waals surface area contributed by atoms with Crippen LogP contribution in [0.2, 0.25) is 0 Å². The molecule has 7 nitrogen and oxygen atoms in total. The molecule has 0 unspecified atom stereocenters. The van der Waals surface area contributed by atoms with Crippen molar-refractivity contribution in [1.29, 1.82) is 0 Å². The zero-order chi connectivity index (χ0) is 14.2. The van der Waals surface area contributed by atoms with Gasteiger partial charge in [0.2, 0.25) is 5.82 Å². The van der Waals surface area contributed by atoms with Gasteiger partial charge in [0.05, 0.1) is 4.92 Å². The first-order valence-corrected chi connectivity index (χ1v) is 6.57. The molecular weight excluding hydrogens is 246 g/mol. The molecule has 0 aliphatic carbocycles. The molecule has 7 heteroatoms. The predicted molar refractivity (Wildman–Crippen MR) is 73.5 cm³/mol. The molecule has 1 aliphatic heterocycles. The fourth-order valence-electron chi connectivity index (χ4n) is 2.66. The first kappa shape index (κ1) is 13.8. The third kappa shape index (κ3) is 2.30. The first-order valence-electron chi connectivity index (χ1n) is 6.57. The highest BCUT2D eigenvalue weighted by molar-refractivity contribution is 5.63. The molecule has 2 rings (SSSR count). The Morgan fingerprint density at radius 2 is 2.21 bits per heavy atom. The highest BCUT2D eigenvalue weighted by atomic mass is 16.6. The zero-order valence-corrected chi connectivity index (χ0v) is 11.9. The van der Waals surface area contributed by atoms with Crippen LogP contribution in [0, 0.1) is 10.1 Å². The van der Waals surface area contributed by atoms with E-state index in [2.05, 4.69) is 29.2 Å². The van der Waals surface area contributed by atoms with Crippen LogP contribution in [0.25, 0.3) is 0 Å². The number of nitro groups is 1. The lowest BCUT2D eigenvalue weighted by molar-refractivity contribution is -0.384. The lowest BCUT2D eigenvalue weighted by Gasteiger charge is -2.43. The summed E-state index contributed by atoms with van der Waals surface area (Å²) in [5.41, 5.74) is 0.541. The molecule has 0 bridgehead atoms. The van der Waals surface area contributed by atoms with Crippen LogP contribution >= 0.6 is 0 Å². The van der Waals surface area contributed by atoms with E-state index in [1.54, 1.807) is 11.7 Å². The molecule has 106 valence electrons. The highest BCUT2D eigenvalue weighted by Crippen LogP contribution is 2.35. The summed E-state index contributed by atoms with van der Waals surface area (Å²) < 4.78 is 1.64. The largest absolute Gasteiger partial charge is 0.343 e. The standard InChI is InChI=1S/C12H21N5O2/c1-5-9-10(17(18)19)11(15(4)14-9)16-7-6-13-8-12(16,2)3/h13H,5-8H2,1-4H3. The first-order chi connectivity index (χ1) is 8.88. The van der Waals surface area contributed by atoms with Crippen molar-refractivity contribution in [2.75, 3.05) is 24.5 Å². The van der Waals surface area contributed by atoms with Crippen molar-refractivity contribution < 1.29 is 4.92 Å². The van der Waals surface area contributed by atoms with Crippen LogP contribution in [0.4, 0.5) is 11.5 Å². The molecule has 0 aromatic carbocycles. The minimum absolute atomic E-state index is 0.153. The second kappa shape index (κ2) is 4.80. The van der Waals surface area contributed by atoms with Crippen LogP contribution in [0.15, 0.2) is 0 Å². The van der Waals surface area contributed by atoms with Gasteiger partial charge in [-0.1, -0.05) is 6.92 Å². The fraction of sp³-hybridized carbons (Fsp3) is 0.750. The number of nitrogens with one attached hydrogen (secondary N) is 1. The van der Waals surface area contributed by atoms with Gasteiger partial charge in [-0.05, 0) is 20.3 Å². The smallest absolute Gasteiger partial charge is 0.334 e. The molecule has 0 saturated carbocycles. The van der Waals surface area contributed by atoms with Gasteiger partial charge in [-0.15, -0.1) is 0 Å². The van der Waals surface area contributed by atoms with E-state index in [-0.39, 0.29) is 16.1 Å². The van der Waals surface area contributed by atoms with Crippen LogP contribution in [0.3, 0.4) is 0 Å². The number of hydrogen-bond donors (Lipinski definition) is 1. The monoisotopic (exact) mass is 267 g/mol. The quantitative estimate of drug-likeness (QED) is 0.655. The van der Waals surface area contributed by atoms with E-state index in [0.717, 1.165) is 19.6 Å². The number of aromatic nitrogens is 2. The van der Waals surface area contributed by atoms with Crippen molar-refractivity contribution in [1.82, 2.24) is 15.1 Å². The van der Waals surface area contributed by atoms with Gasteiger partial charge in [0, 0.05) is 32.2 Å². The molecule has 0 spiro atoms. The van der Waals surface area contributed by atoms with E-state index in [1.165, 1.54) is 0 Å². The van der Waals surface area contributed by atoms with Gasteiger partial charge in [-0.25, -0.2) is 4.68 Å². The minimum atomic E-state index is -0.306. The Hall–Kier alpha value is -1.63. The Bertz CT molecular complexity index is 495. The van der Waals surface area contributed by atoms with Crippen molar-refractivity contribution in [3.8, 4) is 0 Å². The van der Waals surface area contributed by atoms with E-state index < -0.39 is 0 Å². The molecule has 1 fully saturated rings. The molecule has 1 aliphatic rings. The minimum Gasteiger partial charge on any atom is -0.343 e. The van der Waals surface area contributed by atoms with E-state index in [9.17, 15) is 10.1 Å². The number of rotatable bonds is 3. The number of nitrogens with zero attached hydrogens (tertiary/aromatic N) is 4. The van der Waals surface area contributed by atoms with Crippen LogP contribution < -0.4 is 10.2 Å². The summed E-state index contributed by atoms with van der Waals surface area (Å²) in [7, 11) is 1.78. The van der Waals surface area contributed by atoms with Crippen LogP contribution in [0.5, 0.6) is 0 Å². The molecule has 1 saturated heterocycles. The van der Waals surface area contributed by atoms with Crippen molar-refractivity contribution in [2.24, 2.45) is 7.05 Å². The van der Waals surface area contributed by atoms with E-state index >= 15 is 0 Å². The van der Waals surface area contributed by atoms with Crippen molar-refractivity contribution >= 4 is 11.5 Å². The average Bonchev–Trinajstić information content (AvgIpc) is 2.65. The number of piperazine rings is 1. The van der Waals surface area contributed by atoms with Gasteiger partial charge in [-0.2, -0.15) is 5.10 Å². The Morgan fingerprint density at radius 3 is 2.74 bits per heavy atom. The summed E-state index contributed by atoms with van der Waals surface area (Å²) in [5, 5.41) is 19.0. The maximum Gasteiger partial charge on any atom is 0.334 e. The number of hydrogen-bond acceptors (Lipinski definition) is 5. The highest BCUT2D eigenvalue weighted by Gasteiger charge is 2.38. The second-order valence-electron chi connectivity index (χ2n) is 5.49. The predicted octanol–water partition coefficient (Wildman–Crippen LogP) is 1.08. The van der Waals surface area contributed by atoms with Crippen molar-refractivity contribution in [3.63, 3.8) is 0 Å². The SMILES string of the molecule is CCc1nn(C)c(N2CCNCC2(C)C)c1[N+](=O)[O-]. The average molecular weight is 267 g/mol. The third-order valence-corrected chi connectivity index (χ3v) is 3.64. The summed E-state index contributed by atoms with van der Waals surface area (Å²) in [4.78, 5) is 13.2. The van der Waals surface area contributed by atoms with Gasteiger partial charge >= 0.3 is 5.69 Å². The molecule has 1 N–H and O–H groups in total. The molecule has 1 aromatic heterocycles. The fourth-order valence-corrected chi connectivity index (χ4v) is 2.66. The second-order valence-corrected chi connectivity index (χ2v) is 5.49. The van der Waals surface area contributed by atoms with Crippen molar-refractivity contribution in [2.45, 2.75) is 32.7 Å². The maximum atomic E-state index is 11.4. The van der Waals surface area contributed by atoms with Crippen LogP contribution in [0.1, 0.15) is 26.5 Å². The van der Waals surface area contributed by atoms with Gasteiger partial charge < -0.3 is 10.2 Å². The van der Waals surface area contributed by atoms with Gasteiger partial charge in [-0.3, -0.25) is 10.1 Å². The Morgan fingerprint density at radius 1 is 1.53 bits per heavy atom. The molecule has 1 aromatic rings. The van der Waals surface area contributed by atoms with E-state index in [4.69, 9.17) is 0 Å². The van der Waals surface area contributed by atoms with Crippen LogP contribution in [-0.4, -0.2) is 39.9 Å². The molecular formula is C12H21N5O2. The molecule has 2 heterocycles. The lowest BCUT2D eigenvalue weighted by atomic mass is 10.00. The summed E-state index contributed by atoms with van der Waals surface area (Å²) >= 11 is 0. The topological polar surface area (TPSA) is 76.2 Å². The van der Waals surface area contributed by atoms with Gasteiger partial charge in [0.15, 0.2) is 0 Å². The van der Waals surface area contributed by atoms with Gasteiger partial charge in [0.1, 0.15) is 5.69 Å². The summed E-state index contributed by atoms with van der Waals surface area (Å²) in [6.45, 7) is 8.44. The number of anilines is 1. The lowest BCUT2D eigenvalue weighted by Crippen LogP contribution is -2.58. The van der Waals surface area contributed by atoms with E-state index in [0.29, 0.717) is 17.9 Å². The Kier molecular flexibility index (Phi) is 3.49. The Balaban J connectivity index is 2.54. The summed E-state index contributed by atoms with van der Waals surface area (Å²) in [6, 6.07) is 0. The normalized spacial score (nSPS) is 18.6. The molecule has 0 amide bonds. The number of aryl methyl sites for hydroxylation is 2. The third-order valence-electron chi connectivity index (χ3n) is 3.64. The summed E-state index contributed by atoms with van der Waals surface area (Å²) in [6.07, 6.45) is 0.566. The summed E-state index contributed by atoms with van der Waals surface area (Å²) in [5.74, 6) is 0.619. The maximum absolute atomic E-state index is 11.4. The van der Waals surface area contributed by atoms with Crippen LogP contribution in [-0.2, 0) is 13.5 Å². The zero-order valence-electron chi connectivity index (χ0n) is 11.9. The van der Waals surface area contributed by atoms with Crippen molar-refractivity contribution in [3.05, 3.63) is 15.8 Å². The van der Waals surface area contributed by atoms with E-state index in [1.807, 2.05) is 6.92 Å². The molecule has 19 heavy (non-hydrogen) atoms. The molecule has 0 radical (unpaired) electrons. The Labute approximate surface area is 112 Å². The van der Waals surface area contributed by atoms with Gasteiger partial charge in [0.25, 0.3) is 0 Å².